The number of fused-ring (bicyclic) bond motifs is 1. The molecule has 0 saturated heterocycles. The first kappa shape index (κ1) is 17.5. The summed E-state index contributed by atoms with van der Waals surface area (Å²) in [6.07, 6.45) is 0.954. The number of hydrogen-bond donors (Lipinski definition) is 2. The van der Waals surface area contributed by atoms with Gasteiger partial charge in [-0.1, -0.05) is 30.3 Å². The zero-order chi connectivity index (χ0) is 17.6. The van der Waals surface area contributed by atoms with Gasteiger partial charge in [0.15, 0.2) is 0 Å². The number of hydrogen-bond acceptors (Lipinski definition) is 3. The number of carbonyl (C=O) groups is 2. The van der Waals surface area contributed by atoms with Crippen LogP contribution in [0.5, 0.6) is 0 Å². The van der Waals surface area contributed by atoms with Crippen LogP contribution >= 0.6 is 11.8 Å². The standard InChI is InChI=1S/C19H19FN2O2S/c20-15-8-4-7-14-16(10-12-25-18(14)15)22-17(23)9-11-21-19(24)13-5-2-1-3-6-13/h1-8,16H,9-12H2,(H,21,24)(H,22,23). The Hall–Kier alpha value is -2.34. The van der Waals surface area contributed by atoms with Crippen molar-refractivity contribution in [1.82, 2.24) is 10.6 Å². The maximum atomic E-state index is 13.9. The molecule has 2 N–H and O–H groups in total. The van der Waals surface area contributed by atoms with Crippen molar-refractivity contribution < 1.29 is 14.0 Å². The Kier molecular flexibility index (Phi) is 5.71. The number of benzene rings is 2. The fourth-order valence-electron chi connectivity index (χ4n) is 2.78. The lowest BCUT2D eigenvalue weighted by Crippen LogP contribution is -2.34. The Morgan fingerprint density at radius 3 is 2.72 bits per heavy atom. The highest BCUT2D eigenvalue weighted by Crippen LogP contribution is 2.37. The van der Waals surface area contributed by atoms with Gasteiger partial charge in [-0.2, -0.15) is 0 Å². The average Bonchev–Trinajstić information content (AvgIpc) is 2.63. The van der Waals surface area contributed by atoms with Crippen molar-refractivity contribution >= 4 is 23.6 Å². The van der Waals surface area contributed by atoms with Crippen molar-refractivity contribution in [1.29, 1.82) is 0 Å². The number of halogens is 1. The van der Waals surface area contributed by atoms with Gasteiger partial charge in [-0.3, -0.25) is 9.59 Å². The number of nitrogens with one attached hydrogen (secondary N) is 2. The van der Waals surface area contributed by atoms with Gasteiger partial charge in [-0.05, 0) is 30.2 Å². The van der Waals surface area contributed by atoms with Crippen LogP contribution in [0.3, 0.4) is 0 Å². The first-order valence-electron chi connectivity index (χ1n) is 8.19. The second-order valence-electron chi connectivity index (χ2n) is 5.79. The molecule has 1 atom stereocenters. The SMILES string of the molecule is O=C(CCNC(=O)c1ccccc1)NC1CCSc2c(F)cccc21. The summed E-state index contributed by atoms with van der Waals surface area (Å²) < 4.78 is 13.9. The van der Waals surface area contributed by atoms with Gasteiger partial charge >= 0.3 is 0 Å². The molecule has 0 aliphatic carbocycles. The molecule has 0 spiro atoms. The molecule has 2 aromatic rings. The zero-order valence-electron chi connectivity index (χ0n) is 13.6. The molecule has 6 heteroatoms. The molecule has 1 aliphatic rings. The molecule has 0 aromatic heterocycles. The highest BCUT2D eigenvalue weighted by atomic mass is 32.2. The second-order valence-corrected chi connectivity index (χ2v) is 6.89. The van der Waals surface area contributed by atoms with Crippen molar-refractivity contribution in [3.8, 4) is 0 Å². The molecule has 1 heterocycles. The monoisotopic (exact) mass is 358 g/mol. The predicted molar refractivity (Wildman–Crippen MR) is 96.0 cm³/mol. The normalized spacial score (nSPS) is 16.0. The number of rotatable bonds is 5. The Morgan fingerprint density at radius 2 is 1.92 bits per heavy atom. The lowest BCUT2D eigenvalue weighted by molar-refractivity contribution is -0.121. The van der Waals surface area contributed by atoms with Gasteiger partial charge in [0, 0.05) is 29.2 Å². The lowest BCUT2D eigenvalue weighted by Gasteiger charge is -2.26. The van der Waals surface area contributed by atoms with Gasteiger partial charge < -0.3 is 10.6 Å². The summed E-state index contributed by atoms with van der Waals surface area (Å²) in [6.45, 7) is 0.261. The molecule has 25 heavy (non-hydrogen) atoms. The summed E-state index contributed by atoms with van der Waals surface area (Å²) in [5.41, 5.74) is 1.40. The molecule has 0 radical (unpaired) electrons. The van der Waals surface area contributed by atoms with Gasteiger partial charge in [0.05, 0.1) is 6.04 Å². The molecule has 0 bridgehead atoms. The highest BCUT2D eigenvalue weighted by molar-refractivity contribution is 7.99. The topological polar surface area (TPSA) is 58.2 Å². The minimum Gasteiger partial charge on any atom is -0.352 e. The van der Waals surface area contributed by atoms with Crippen molar-refractivity contribution in [3.05, 3.63) is 65.5 Å². The molecule has 3 rings (SSSR count). The van der Waals surface area contributed by atoms with Crippen molar-refractivity contribution in [2.45, 2.75) is 23.8 Å². The van der Waals surface area contributed by atoms with Gasteiger partial charge in [0.2, 0.25) is 5.91 Å². The Bertz CT molecular complexity index is 767. The van der Waals surface area contributed by atoms with Gasteiger partial charge in [0.1, 0.15) is 5.82 Å². The molecule has 0 saturated carbocycles. The van der Waals surface area contributed by atoms with Crippen LogP contribution in [-0.4, -0.2) is 24.1 Å². The Labute approximate surface area is 150 Å². The van der Waals surface area contributed by atoms with Crippen molar-refractivity contribution in [2.75, 3.05) is 12.3 Å². The van der Waals surface area contributed by atoms with E-state index < -0.39 is 0 Å². The van der Waals surface area contributed by atoms with E-state index in [1.807, 2.05) is 12.1 Å². The molecule has 1 aliphatic heterocycles. The van der Waals surface area contributed by atoms with Crippen LogP contribution in [0.1, 0.15) is 34.8 Å². The summed E-state index contributed by atoms with van der Waals surface area (Å²) in [5.74, 6) is 0.177. The van der Waals surface area contributed by atoms with E-state index in [1.165, 1.54) is 17.8 Å². The van der Waals surface area contributed by atoms with E-state index in [0.29, 0.717) is 10.5 Å². The maximum Gasteiger partial charge on any atom is 0.251 e. The molecule has 130 valence electrons. The molecule has 2 aromatic carbocycles. The largest absolute Gasteiger partial charge is 0.352 e. The summed E-state index contributed by atoms with van der Waals surface area (Å²) in [4.78, 5) is 24.7. The first-order chi connectivity index (χ1) is 12.1. The molecule has 1 unspecified atom stereocenters. The summed E-state index contributed by atoms with van der Waals surface area (Å²) in [5, 5.41) is 5.68. The quantitative estimate of drug-likeness (QED) is 0.862. The number of amides is 2. The van der Waals surface area contributed by atoms with E-state index in [0.717, 1.165) is 17.7 Å². The molecule has 4 nitrogen and oxygen atoms in total. The van der Waals surface area contributed by atoms with Crippen LogP contribution in [0.4, 0.5) is 4.39 Å². The van der Waals surface area contributed by atoms with E-state index in [9.17, 15) is 14.0 Å². The van der Waals surface area contributed by atoms with E-state index >= 15 is 0 Å². The lowest BCUT2D eigenvalue weighted by atomic mass is 10.0. The van der Waals surface area contributed by atoms with Crippen LogP contribution in [0.25, 0.3) is 0 Å². The Morgan fingerprint density at radius 1 is 1.12 bits per heavy atom. The van der Waals surface area contributed by atoms with Crippen LogP contribution in [0.15, 0.2) is 53.4 Å². The summed E-state index contributed by atoms with van der Waals surface area (Å²) in [6, 6.07) is 13.7. The van der Waals surface area contributed by atoms with Crippen molar-refractivity contribution in [2.24, 2.45) is 0 Å². The van der Waals surface area contributed by atoms with E-state index in [4.69, 9.17) is 0 Å². The van der Waals surface area contributed by atoms with Crippen LogP contribution in [0.2, 0.25) is 0 Å². The molecular formula is C19H19FN2O2S. The van der Waals surface area contributed by atoms with Crippen LogP contribution in [-0.2, 0) is 4.79 Å². The first-order valence-corrected chi connectivity index (χ1v) is 9.17. The van der Waals surface area contributed by atoms with Crippen LogP contribution in [0, 0.1) is 5.82 Å². The molecular weight excluding hydrogens is 339 g/mol. The second kappa shape index (κ2) is 8.16. The minimum atomic E-state index is -0.239. The van der Waals surface area contributed by atoms with Crippen LogP contribution < -0.4 is 10.6 Å². The number of thioether (sulfide) groups is 1. The summed E-state index contributed by atoms with van der Waals surface area (Å²) in [7, 11) is 0. The van der Waals surface area contributed by atoms with Gasteiger partial charge in [-0.25, -0.2) is 4.39 Å². The fraction of sp³-hybridized carbons (Fsp3) is 0.263. The van der Waals surface area contributed by atoms with E-state index in [1.54, 1.807) is 30.3 Å². The molecule has 2 amide bonds. The number of carbonyl (C=O) groups excluding carboxylic acids is 2. The van der Waals surface area contributed by atoms with Gasteiger partial charge in [0.25, 0.3) is 5.91 Å². The van der Waals surface area contributed by atoms with Crippen molar-refractivity contribution in [3.63, 3.8) is 0 Å². The third-order valence-electron chi connectivity index (χ3n) is 4.03. The predicted octanol–water partition coefficient (Wildman–Crippen LogP) is 3.30. The molecule has 0 fully saturated rings. The average molecular weight is 358 g/mol. The van der Waals surface area contributed by atoms with E-state index in [2.05, 4.69) is 10.6 Å². The summed E-state index contributed by atoms with van der Waals surface area (Å²) >= 11 is 1.48. The third kappa shape index (κ3) is 4.39. The minimum absolute atomic E-state index is 0.152. The zero-order valence-corrected chi connectivity index (χ0v) is 14.4. The maximum absolute atomic E-state index is 13.9. The fourth-order valence-corrected chi connectivity index (χ4v) is 3.92. The van der Waals surface area contributed by atoms with E-state index in [-0.39, 0.29) is 36.6 Å². The Balaban J connectivity index is 1.51. The third-order valence-corrected chi connectivity index (χ3v) is 5.19. The highest BCUT2D eigenvalue weighted by Gasteiger charge is 2.24. The smallest absolute Gasteiger partial charge is 0.251 e. The van der Waals surface area contributed by atoms with Gasteiger partial charge in [-0.15, -0.1) is 11.8 Å².